The molecular formula is C17H20N2O3S2. The van der Waals surface area contributed by atoms with Crippen LogP contribution >= 0.6 is 11.3 Å². The lowest BCUT2D eigenvalue weighted by Gasteiger charge is -2.33. The van der Waals surface area contributed by atoms with Gasteiger partial charge < -0.3 is 5.32 Å². The van der Waals surface area contributed by atoms with Crippen molar-refractivity contribution in [3.05, 3.63) is 47.3 Å². The quantitative estimate of drug-likeness (QED) is 0.906. The largest absolute Gasteiger partial charge is 0.325 e. The highest BCUT2D eigenvalue weighted by Crippen LogP contribution is 2.28. The van der Waals surface area contributed by atoms with Crippen LogP contribution in [-0.2, 0) is 14.8 Å². The van der Waals surface area contributed by atoms with E-state index in [2.05, 4.69) is 5.32 Å². The first-order valence-electron chi connectivity index (χ1n) is 7.91. The molecule has 24 heavy (non-hydrogen) atoms. The lowest BCUT2D eigenvalue weighted by molar-refractivity contribution is -0.120. The van der Waals surface area contributed by atoms with Gasteiger partial charge in [0.1, 0.15) is 10.3 Å². The maximum Gasteiger partial charge on any atom is 0.253 e. The van der Waals surface area contributed by atoms with Gasteiger partial charge in [0.15, 0.2) is 0 Å². The van der Waals surface area contributed by atoms with E-state index in [-0.39, 0.29) is 10.1 Å². The molecule has 2 aromatic rings. The fraction of sp³-hybridized carbons (Fsp3) is 0.353. The number of carbonyl (C=O) groups excluding carboxylic acids is 1. The second-order valence-corrected chi connectivity index (χ2v) is 8.98. The molecule has 128 valence electrons. The average molecular weight is 364 g/mol. The highest BCUT2D eigenvalue weighted by molar-refractivity contribution is 7.91. The SMILES string of the molecule is Cc1ccc(NC(=O)[C@@H]2CCCCN2S(=O)(=O)c2cccs2)cc1. The second kappa shape index (κ2) is 7.04. The predicted octanol–water partition coefficient (Wildman–Crippen LogP) is 3.24. The molecule has 5 nitrogen and oxygen atoms in total. The molecule has 1 atom stereocenters. The summed E-state index contributed by atoms with van der Waals surface area (Å²) >= 11 is 1.18. The van der Waals surface area contributed by atoms with Crippen LogP contribution in [0, 0.1) is 6.92 Å². The molecule has 0 spiro atoms. The van der Waals surface area contributed by atoms with Crippen LogP contribution in [0.4, 0.5) is 5.69 Å². The minimum Gasteiger partial charge on any atom is -0.325 e. The van der Waals surface area contributed by atoms with E-state index >= 15 is 0 Å². The normalized spacial score (nSPS) is 19.1. The van der Waals surface area contributed by atoms with Gasteiger partial charge in [0.25, 0.3) is 10.0 Å². The molecule has 0 aliphatic carbocycles. The van der Waals surface area contributed by atoms with E-state index in [1.807, 2.05) is 31.2 Å². The van der Waals surface area contributed by atoms with E-state index in [4.69, 9.17) is 0 Å². The predicted molar refractivity (Wildman–Crippen MR) is 95.7 cm³/mol. The third-order valence-corrected chi connectivity index (χ3v) is 7.41. The molecule has 1 N–H and O–H groups in total. The lowest BCUT2D eigenvalue weighted by Crippen LogP contribution is -2.49. The molecule has 0 unspecified atom stereocenters. The van der Waals surface area contributed by atoms with E-state index in [1.165, 1.54) is 15.6 Å². The van der Waals surface area contributed by atoms with Crippen molar-refractivity contribution in [1.82, 2.24) is 4.31 Å². The molecule has 0 bridgehead atoms. The van der Waals surface area contributed by atoms with Crippen molar-refractivity contribution in [2.75, 3.05) is 11.9 Å². The fourth-order valence-electron chi connectivity index (χ4n) is 2.84. The molecule has 1 aromatic carbocycles. The number of amides is 1. The van der Waals surface area contributed by atoms with E-state index in [0.29, 0.717) is 18.7 Å². The molecule has 2 heterocycles. The van der Waals surface area contributed by atoms with Crippen LogP contribution in [0.15, 0.2) is 46.0 Å². The van der Waals surface area contributed by atoms with Crippen LogP contribution in [0.3, 0.4) is 0 Å². The number of benzene rings is 1. The van der Waals surface area contributed by atoms with Gasteiger partial charge in [-0.1, -0.05) is 30.2 Å². The second-order valence-electron chi connectivity index (χ2n) is 5.91. The Morgan fingerprint density at radius 3 is 2.62 bits per heavy atom. The molecule has 1 aromatic heterocycles. The summed E-state index contributed by atoms with van der Waals surface area (Å²) in [5, 5.41) is 4.58. The van der Waals surface area contributed by atoms with Gasteiger partial charge in [-0.25, -0.2) is 8.42 Å². The Bertz CT molecular complexity index is 799. The molecule has 1 aliphatic rings. The number of carbonyl (C=O) groups is 1. The zero-order chi connectivity index (χ0) is 17.2. The number of thiophene rings is 1. The number of aryl methyl sites for hydroxylation is 1. The van der Waals surface area contributed by atoms with Crippen molar-refractivity contribution in [2.24, 2.45) is 0 Å². The van der Waals surface area contributed by atoms with Crippen LogP contribution in [0.5, 0.6) is 0 Å². The zero-order valence-corrected chi connectivity index (χ0v) is 15.1. The Hall–Kier alpha value is -1.70. The summed E-state index contributed by atoms with van der Waals surface area (Å²) in [4.78, 5) is 12.7. The van der Waals surface area contributed by atoms with Crippen molar-refractivity contribution in [2.45, 2.75) is 36.4 Å². The monoisotopic (exact) mass is 364 g/mol. The topological polar surface area (TPSA) is 66.5 Å². The van der Waals surface area contributed by atoms with Crippen molar-refractivity contribution < 1.29 is 13.2 Å². The third-order valence-electron chi connectivity index (χ3n) is 4.13. The van der Waals surface area contributed by atoms with Gasteiger partial charge in [-0.3, -0.25) is 4.79 Å². The number of hydrogen-bond acceptors (Lipinski definition) is 4. The number of piperidine rings is 1. The van der Waals surface area contributed by atoms with Crippen LogP contribution < -0.4 is 5.32 Å². The van der Waals surface area contributed by atoms with Crippen LogP contribution in [0.25, 0.3) is 0 Å². The van der Waals surface area contributed by atoms with E-state index in [1.54, 1.807) is 17.5 Å². The van der Waals surface area contributed by atoms with Crippen molar-refractivity contribution in [3.8, 4) is 0 Å². The zero-order valence-electron chi connectivity index (χ0n) is 13.4. The smallest absolute Gasteiger partial charge is 0.253 e. The molecule has 0 radical (unpaired) electrons. The van der Waals surface area contributed by atoms with E-state index in [0.717, 1.165) is 18.4 Å². The number of sulfonamides is 1. The van der Waals surface area contributed by atoms with Gasteiger partial charge in [-0.2, -0.15) is 4.31 Å². The highest BCUT2D eigenvalue weighted by atomic mass is 32.2. The van der Waals surface area contributed by atoms with Crippen LogP contribution in [0.2, 0.25) is 0 Å². The summed E-state index contributed by atoms with van der Waals surface area (Å²) in [5.41, 5.74) is 1.79. The summed E-state index contributed by atoms with van der Waals surface area (Å²) in [6.07, 6.45) is 2.17. The number of nitrogens with zero attached hydrogens (tertiary/aromatic N) is 1. The molecule has 1 aliphatic heterocycles. The van der Waals surface area contributed by atoms with Crippen LogP contribution in [0.1, 0.15) is 24.8 Å². The van der Waals surface area contributed by atoms with Gasteiger partial charge in [-0.15, -0.1) is 11.3 Å². The molecular weight excluding hydrogens is 344 g/mol. The first-order valence-corrected chi connectivity index (χ1v) is 10.2. The molecule has 1 amide bonds. The van der Waals surface area contributed by atoms with Gasteiger partial charge in [-0.05, 0) is 43.3 Å². The number of nitrogens with one attached hydrogen (secondary N) is 1. The first-order chi connectivity index (χ1) is 11.5. The summed E-state index contributed by atoms with van der Waals surface area (Å²) in [5.74, 6) is -0.265. The molecule has 1 fully saturated rings. The highest BCUT2D eigenvalue weighted by Gasteiger charge is 2.38. The van der Waals surface area contributed by atoms with Gasteiger partial charge in [0.2, 0.25) is 5.91 Å². The Kier molecular flexibility index (Phi) is 5.03. The molecule has 0 saturated carbocycles. The first kappa shape index (κ1) is 17.1. The summed E-state index contributed by atoms with van der Waals surface area (Å²) in [6.45, 7) is 2.36. The number of anilines is 1. The van der Waals surface area contributed by atoms with Crippen molar-refractivity contribution in [3.63, 3.8) is 0 Å². The minimum atomic E-state index is -3.62. The Labute approximate surface area is 146 Å². The average Bonchev–Trinajstić information content (AvgIpc) is 3.12. The maximum absolute atomic E-state index is 12.8. The molecule has 1 saturated heterocycles. The number of rotatable bonds is 4. The van der Waals surface area contributed by atoms with Gasteiger partial charge in [0.05, 0.1) is 0 Å². The summed E-state index contributed by atoms with van der Waals surface area (Å²) < 4.78 is 27.3. The Balaban J connectivity index is 1.81. The van der Waals surface area contributed by atoms with Crippen LogP contribution in [-0.4, -0.2) is 31.2 Å². The van der Waals surface area contributed by atoms with Gasteiger partial charge in [0, 0.05) is 12.2 Å². The third kappa shape index (κ3) is 3.53. The Morgan fingerprint density at radius 1 is 1.21 bits per heavy atom. The van der Waals surface area contributed by atoms with Gasteiger partial charge >= 0.3 is 0 Å². The molecule has 7 heteroatoms. The molecule has 3 rings (SSSR count). The Morgan fingerprint density at radius 2 is 1.96 bits per heavy atom. The van der Waals surface area contributed by atoms with E-state index < -0.39 is 16.1 Å². The van der Waals surface area contributed by atoms with E-state index in [9.17, 15) is 13.2 Å². The minimum absolute atomic E-state index is 0.265. The standard InChI is InChI=1S/C17H20N2O3S2/c1-13-7-9-14(10-8-13)18-17(20)15-5-2-3-11-19(15)24(21,22)16-6-4-12-23-16/h4,6-10,12,15H,2-3,5,11H2,1H3,(H,18,20)/t15-/m0/s1. The fourth-order valence-corrected chi connectivity index (χ4v) is 5.62. The number of hydrogen-bond donors (Lipinski definition) is 1. The van der Waals surface area contributed by atoms with Crippen molar-refractivity contribution >= 4 is 33.0 Å². The summed E-state index contributed by atoms with van der Waals surface area (Å²) in [6, 6.07) is 10.1. The summed E-state index contributed by atoms with van der Waals surface area (Å²) in [7, 11) is -3.62. The van der Waals surface area contributed by atoms with Crippen molar-refractivity contribution in [1.29, 1.82) is 0 Å². The lowest BCUT2D eigenvalue weighted by atomic mass is 10.0. The maximum atomic E-state index is 12.8.